The molecule has 1 aromatic rings. The van der Waals surface area contributed by atoms with E-state index in [2.05, 4.69) is 4.74 Å². The van der Waals surface area contributed by atoms with E-state index in [1.807, 2.05) is 0 Å². The molecule has 14 heavy (non-hydrogen) atoms. The summed E-state index contributed by atoms with van der Waals surface area (Å²) in [4.78, 5) is -0.258. The highest BCUT2D eigenvalue weighted by atomic mass is 32.2. The van der Waals surface area contributed by atoms with E-state index in [1.165, 1.54) is 0 Å². The quantitative estimate of drug-likeness (QED) is 0.721. The van der Waals surface area contributed by atoms with Crippen LogP contribution in [-0.4, -0.2) is 15.1 Å². The van der Waals surface area contributed by atoms with Gasteiger partial charge in [-0.3, -0.25) is 4.21 Å². The highest BCUT2D eigenvalue weighted by Gasteiger charge is 2.31. The Morgan fingerprint density at radius 3 is 2.50 bits per heavy atom. The number of halogens is 3. The Labute approximate surface area is 79.8 Å². The van der Waals surface area contributed by atoms with Gasteiger partial charge in [-0.15, -0.1) is 13.2 Å². The summed E-state index contributed by atoms with van der Waals surface area (Å²) in [6.07, 6.45) is -4.82. The largest absolute Gasteiger partial charge is 0.768 e. The predicted molar refractivity (Wildman–Crippen MR) is 40.3 cm³/mol. The average molecular weight is 225 g/mol. The normalized spacial score (nSPS) is 13.7. The van der Waals surface area contributed by atoms with E-state index < -0.39 is 23.2 Å². The minimum atomic E-state index is -4.82. The van der Waals surface area contributed by atoms with E-state index in [9.17, 15) is 21.9 Å². The lowest BCUT2D eigenvalue weighted by molar-refractivity contribution is -0.274. The first-order valence-electron chi connectivity index (χ1n) is 3.33. The summed E-state index contributed by atoms with van der Waals surface area (Å²) < 4.78 is 59.4. The van der Waals surface area contributed by atoms with Crippen molar-refractivity contribution in [3.05, 3.63) is 24.3 Å². The van der Waals surface area contributed by atoms with Crippen LogP contribution in [0, 0.1) is 0 Å². The summed E-state index contributed by atoms with van der Waals surface area (Å²) in [6.45, 7) is 0. The third-order valence-electron chi connectivity index (χ3n) is 1.23. The molecule has 1 unspecified atom stereocenters. The Morgan fingerprint density at radius 2 is 2.00 bits per heavy atom. The van der Waals surface area contributed by atoms with Crippen LogP contribution in [0.1, 0.15) is 0 Å². The molecule has 0 radical (unpaired) electrons. The predicted octanol–water partition coefficient (Wildman–Crippen LogP) is 1.82. The topological polar surface area (TPSA) is 49.4 Å². The molecule has 0 heterocycles. The van der Waals surface area contributed by atoms with Gasteiger partial charge in [-0.25, -0.2) is 0 Å². The zero-order valence-corrected chi connectivity index (χ0v) is 7.39. The van der Waals surface area contributed by atoms with Gasteiger partial charge in [0.15, 0.2) is 0 Å². The number of hydrogen-bond acceptors (Lipinski definition) is 3. The smallest absolute Gasteiger partial charge is 0.573 e. The minimum Gasteiger partial charge on any atom is -0.768 e. The maximum absolute atomic E-state index is 11.7. The number of ether oxygens (including phenoxy) is 1. The van der Waals surface area contributed by atoms with E-state index in [1.54, 1.807) is 0 Å². The SMILES string of the molecule is O=S([O-])c1cccc(OC(F)(F)F)c1. The molecule has 0 aromatic heterocycles. The molecule has 0 N–H and O–H groups in total. The van der Waals surface area contributed by atoms with Gasteiger partial charge in [0.1, 0.15) is 5.75 Å². The van der Waals surface area contributed by atoms with Crippen molar-refractivity contribution in [2.24, 2.45) is 0 Å². The van der Waals surface area contributed by atoms with Crippen molar-refractivity contribution in [3.63, 3.8) is 0 Å². The molecule has 0 bridgehead atoms. The molecule has 0 fully saturated rings. The Bertz CT molecular complexity index is 350. The molecule has 0 saturated heterocycles. The highest BCUT2D eigenvalue weighted by molar-refractivity contribution is 7.79. The van der Waals surface area contributed by atoms with Crippen LogP contribution in [0.15, 0.2) is 29.2 Å². The van der Waals surface area contributed by atoms with Crippen LogP contribution in [0.4, 0.5) is 13.2 Å². The number of alkyl halides is 3. The Balaban J connectivity index is 2.89. The van der Waals surface area contributed by atoms with Crippen molar-refractivity contribution in [3.8, 4) is 5.75 Å². The van der Waals surface area contributed by atoms with Gasteiger partial charge >= 0.3 is 6.36 Å². The van der Waals surface area contributed by atoms with Gasteiger partial charge in [0.25, 0.3) is 0 Å². The Hall–Kier alpha value is -1.08. The average Bonchev–Trinajstić information content (AvgIpc) is 2.01. The van der Waals surface area contributed by atoms with Crippen LogP contribution in [0.25, 0.3) is 0 Å². The standard InChI is InChI=1S/C7H5F3O3S/c8-7(9,10)13-5-2-1-3-6(4-5)14(11)12/h1-4H,(H,11,12)/p-1. The van der Waals surface area contributed by atoms with Gasteiger partial charge in [-0.1, -0.05) is 6.07 Å². The maximum atomic E-state index is 11.7. The molecule has 1 rings (SSSR count). The van der Waals surface area contributed by atoms with Crippen LogP contribution in [0.3, 0.4) is 0 Å². The fourth-order valence-corrected chi connectivity index (χ4v) is 1.18. The van der Waals surface area contributed by atoms with Crippen molar-refractivity contribution in [2.45, 2.75) is 11.3 Å². The number of hydrogen-bond donors (Lipinski definition) is 0. The van der Waals surface area contributed by atoms with Crippen molar-refractivity contribution < 1.29 is 26.7 Å². The Kier molecular flexibility index (Phi) is 3.12. The van der Waals surface area contributed by atoms with E-state index in [0.717, 1.165) is 24.3 Å². The molecule has 0 aliphatic carbocycles. The van der Waals surface area contributed by atoms with Crippen LogP contribution in [0.5, 0.6) is 5.75 Å². The van der Waals surface area contributed by atoms with Gasteiger partial charge < -0.3 is 9.29 Å². The minimum absolute atomic E-state index is 0.258. The second kappa shape index (κ2) is 3.97. The summed E-state index contributed by atoms with van der Waals surface area (Å²) in [6, 6.07) is 4.12. The Morgan fingerprint density at radius 1 is 1.36 bits per heavy atom. The first kappa shape index (κ1) is 11.0. The molecule has 3 nitrogen and oxygen atoms in total. The lowest BCUT2D eigenvalue weighted by Crippen LogP contribution is -2.17. The van der Waals surface area contributed by atoms with Crippen molar-refractivity contribution >= 4 is 11.1 Å². The van der Waals surface area contributed by atoms with E-state index >= 15 is 0 Å². The second-order valence-corrected chi connectivity index (χ2v) is 3.20. The summed E-state index contributed by atoms with van der Waals surface area (Å²) in [5.41, 5.74) is 0. The molecular weight excluding hydrogens is 221 g/mol. The maximum Gasteiger partial charge on any atom is 0.573 e. The van der Waals surface area contributed by atoms with Gasteiger partial charge in [-0.05, 0) is 29.3 Å². The molecular formula is C7H4F3O3S-. The second-order valence-electron chi connectivity index (χ2n) is 2.26. The number of rotatable bonds is 2. The van der Waals surface area contributed by atoms with Crippen LogP contribution in [-0.2, 0) is 11.1 Å². The zero-order valence-electron chi connectivity index (χ0n) is 6.58. The number of benzene rings is 1. The third kappa shape index (κ3) is 3.35. The van der Waals surface area contributed by atoms with Gasteiger partial charge in [0.2, 0.25) is 0 Å². The summed E-state index contributed by atoms with van der Waals surface area (Å²) in [5, 5.41) is 0. The molecule has 0 aliphatic heterocycles. The molecule has 0 amide bonds. The first-order chi connectivity index (χ1) is 6.38. The molecule has 0 aliphatic rings. The fraction of sp³-hybridized carbons (Fsp3) is 0.143. The molecule has 0 saturated carbocycles. The van der Waals surface area contributed by atoms with Crippen molar-refractivity contribution in [1.82, 2.24) is 0 Å². The summed E-state index contributed by atoms with van der Waals surface area (Å²) in [5.74, 6) is -0.556. The lowest BCUT2D eigenvalue weighted by Gasteiger charge is -2.10. The van der Waals surface area contributed by atoms with Crippen LogP contribution < -0.4 is 4.74 Å². The lowest BCUT2D eigenvalue weighted by atomic mass is 10.3. The molecule has 0 spiro atoms. The molecule has 7 heteroatoms. The van der Waals surface area contributed by atoms with E-state index in [-0.39, 0.29) is 4.90 Å². The zero-order chi connectivity index (χ0) is 10.8. The monoisotopic (exact) mass is 225 g/mol. The van der Waals surface area contributed by atoms with Crippen molar-refractivity contribution in [2.75, 3.05) is 0 Å². The van der Waals surface area contributed by atoms with Gasteiger partial charge in [-0.2, -0.15) is 0 Å². The fourth-order valence-electron chi connectivity index (χ4n) is 0.775. The third-order valence-corrected chi connectivity index (χ3v) is 1.87. The molecule has 1 atom stereocenters. The van der Waals surface area contributed by atoms with Gasteiger partial charge in [0, 0.05) is 4.90 Å². The van der Waals surface area contributed by atoms with Gasteiger partial charge in [0.05, 0.1) is 0 Å². The summed E-state index contributed by atoms with van der Waals surface area (Å²) in [7, 11) is 0. The van der Waals surface area contributed by atoms with Crippen LogP contribution in [0.2, 0.25) is 0 Å². The summed E-state index contributed by atoms with van der Waals surface area (Å²) >= 11 is -2.56. The first-order valence-corrected chi connectivity index (χ1v) is 4.41. The van der Waals surface area contributed by atoms with E-state index in [0.29, 0.717) is 0 Å². The highest BCUT2D eigenvalue weighted by Crippen LogP contribution is 2.23. The van der Waals surface area contributed by atoms with Crippen molar-refractivity contribution in [1.29, 1.82) is 0 Å². The van der Waals surface area contributed by atoms with Crippen LogP contribution >= 0.6 is 0 Å². The molecule has 78 valence electrons. The molecule has 1 aromatic carbocycles. The van der Waals surface area contributed by atoms with E-state index in [4.69, 9.17) is 0 Å².